The maximum atomic E-state index is 11.4. The van der Waals surface area contributed by atoms with E-state index in [9.17, 15) is 15.3 Å². The lowest BCUT2D eigenvalue weighted by molar-refractivity contribution is 0.455. The predicted octanol–water partition coefficient (Wildman–Crippen LogP) is 7.88. The van der Waals surface area contributed by atoms with Gasteiger partial charge in [0, 0.05) is 12.8 Å². The van der Waals surface area contributed by atoms with E-state index in [0.29, 0.717) is 12.8 Å². The summed E-state index contributed by atoms with van der Waals surface area (Å²) < 4.78 is 0. The molecule has 3 aromatic rings. The van der Waals surface area contributed by atoms with Crippen molar-refractivity contribution < 1.29 is 15.3 Å². The van der Waals surface area contributed by atoms with Crippen LogP contribution in [-0.4, -0.2) is 15.3 Å². The Bertz CT molecular complexity index is 1130. The number of hydrogen-bond donors (Lipinski definition) is 3. The van der Waals surface area contributed by atoms with E-state index in [2.05, 4.69) is 62.3 Å². The van der Waals surface area contributed by atoms with Crippen LogP contribution in [0.25, 0.3) is 0 Å². The van der Waals surface area contributed by atoms with Gasteiger partial charge in [-0.05, 0) is 67.3 Å². The zero-order chi connectivity index (χ0) is 26.3. The largest absolute Gasteiger partial charge is 0.508 e. The highest BCUT2D eigenvalue weighted by Crippen LogP contribution is 2.37. The molecule has 0 spiro atoms. The van der Waals surface area contributed by atoms with Gasteiger partial charge in [-0.3, -0.25) is 0 Å². The number of aromatic hydroxyl groups is 3. The third-order valence-corrected chi connectivity index (χ3v) is 6.79. The van der Waals surface area contributed by atoms with Crippen molar-refractivity contribution in [1.29, 1.82) is 0 Å². The van der Waals surface area contributed by atoms with Crippen LogP contribution >= 0.6 is 0 Å². The number of benzene rings is 3. The minimum atomic E-state index is -0.123. The van der Waals surface area contributed by atoms with E-state index in [1.54, 1.807) is 12.1 Å². The molecule has 0 bridgehead atoms. The third kappa shape index (κ3) is 6.20. The van der Waals surface area contributed by atoms with Crippen molar-refractivity contribution in [2.45, 2.75) is 91.4 Å². The monoisotopic (exact) mass is 474 g/mol. The summed E-state index contributed by atoms with van der Waals surface area (Å²) in [6, 6.07) is 15.6. The molecule has 0 heterocycles. The van der Waals surface area contributed by atoms with Crippen molar-refractivity contribution in [3.8, 4) is 17.2 Å². The van der Waals surface area contributed by atoms with E-state index in [1.807, 2.05) is 36.4 Å². The third-order valence-electron chi connectivity index (χ3n) is 6.79. The molecule has 0 aromatic heterocycles. The fourth-order valence-corrected chi connectivity index (χ4v) is 4.26. The van der Waals surface area contributed by atoms with Gasteiger partial charge < -0.3 is 15.3 Å². The maximum Gasteiger partial charge on any atom is 0.122 e. The molecule has 0 aliphatic rings. The summed E-state index contributed by atoms with van der Waals surface area (Å²) in [6.45, 7) is 19.4. The van der Waals surface area contributed by atoms with Crippen LogP contribution in [0.3, 0.4) is 0 Å². The average molecular weight is 475 g/mol. The molecular weight excluding hydrogens is 432 g/mol. The minimum Gasteiger partial charge on any atom is -0.508 e. The summed E-state index contributed by atoms with van der Waals surface area (Å²) in [5, 5.41) is 32.6. The lowest BCUT2D eigenvalue weighted by atomic mass is 9.81. The smallest absolute Gasteiger partial charge is 0.122 e. The molecule has 0 atom stereocenters. The van der Waals surface area contributed by atoms with Crippen LogP contribution in [0, 0.1) is 0 Å². The number of rotatable bonds is 4. The minimum absolute atomic E-state index is 0.0431. The van der Waals surface area contributed by atoms with E-state index in [4.69, 9.17) is 0 Å². The van der Waals surface area contributed by atoms with Crippen LogP contribution in [0.4, 0.5) is 0 Å². The Hall–Kier alpha value is -2.94. The second kappa shape index (κ2) is 9.26. The predicted molar refractivity (Wildman–Crippen MR) is 146 cm³/mol. The standard InChI is InChI=1S/C32H42O3/c1-30(2,3)24-10-12-27(33)20(16-24)14-22-18-26(32(7,8)9)19-23(29(22)35)15-21-17-25(31(4,5)6)11-13-28(21)34/h10-13,16-19,33-35H,14-15H2,1-9H3. The van der Waals surface area contributed by atoms with Crippen LogP contribution in [0.5, 0.6) is 17.2 Å². The van der Waals surface area contributed by atoms with Gasteiger partial charge >= 0.3 is 0 Å². The van der Waals surface area contributed by atoms with Gasteiger partial charge in [-0.15, -0.1) is 0 Å². The molecule has 35 heavy (non-hydrogen) atoms. The number of hydrogen-bond acceptors (Lipinski definition) is 3. The topological polar surface area (TPSA) is 60.7 Å². The SMILES string of the molecule is CC(C)(C)c1ccc(O)c(Cc2cc(C(C)(C)C)cc(Cc3cc(C(C)(C)C)ccc3O)c2O)c1. The average Bonchev–Trinajstić information content (AvgIpc) is 2.71. The molecule has 3 N–H and O–H groups in total. The van der Waals surface area contributed by atoms with Gasteiger partial charge in [0.2, 0.25) is 0 Å². The molecule has 0 aliphatic heterocycles. The summed E-state index contributed by atoms with van der Waals surface area (Å²) >= 11 is 0. The molecule has 0 saturated carbocycles. The molecular formula is C32H42O3. The second-order valence-electron chi connectivity index (χ2n) is 12.9. The number of phenolic OH excluding ortho intramolecular Hbond substituents is 3. The fourth-order valence-electron chi connectivity index (χ4n) is 4.26. The van der Waals surface area contributed by atoms with Gasteiger partial charge in [0.15, 0.2) is 0 Å². The van der Waals surface area contributed by atoms with Crippen LogP contribution in [0.1, 0.15) is 101 Å². The molecule has 188 valence electrons. The van der Waals surface area contributed by atoms with Gasteiger partial charge in [0.1, 0.15) is 17.2 Å². The summed E-state index contributed by atoms with van der Waals surface area (Å²) in [7, 11) is 0. The Morgan fingerprint density at radius 3 is 1.09 bits per heavy atom. The van der Waals surface area contributed by atoms with Crippen LogP contribution < -0.4 is 0 Å². The van der Waals surface area contributed by atoms with E-state index >= 15 is 0 Å². The highest BCUT2D eigenvalue weighted by atomic mass is 16.3. The summed E-state index contributed by atoms with van der Waals surface area (Å²) in [5.74, 6) is 0.686. The van der Waals surface area contributed by atoms with E-state index in [-0.39, 0.29) is 33.5 Å². The normalized spacial score (nSPS) is 12.7. The molecule has 0 unspecified atom stereocenters. The summed E-state index contributed by atoms with van der Waals surface area (Å²) in [4.78, 5) is 0. The van der Waals surface area contributed by atoms with E-state index in [1.165, 1.54) is 0 Å². The summed E-state index contributed by atoms with van der Waals surface area (Å²) in [6.07, 6.45) is 0.846. The van der Waals surface area contributed by atoms with Crippen molar-refractivity contribution in [3.63, 3.8) is 0 Å². The molecule has 3 aromatic carbocycles. The Morgan fingerprint density at radius 1 is 0.457 bits per heavy atom. The van der Waals surface area contributed by atoms with Crippen LogP contribution in [-0.2, 0) is 29.1 Å². The second-order valence-corrected chi connectivity index (χ2v) is 12.9. The van der Waals surface area contributed by atoms with Crippen molar-refractivity contribution in [2.75, 3.05) is 0 Å². The molecule has 0 saturated heterocycles. The molecule has 0 fully saturated rings. The fraction of sp³-hybridized carbons (Fsp3) is 0.438. The van der Waals surface area contributed by atoms with E-state index < -0.39 is 0 Å². The molecule has 0 amide bonds. The zero-order valence-electron chi connectivity index (χ0n) is 22.9. The lowest BCUT2D eigenvalue weighted by Gasteiger charge is -2.24. The molecule has 0 aliphatic carbocycles. The first kappa shape index (κ1) is 26.7. The van der Waals surface area contributed by atoms with Gasteiger partial charge in [0.05, 0.1) is 0 Å². The molecule has 3 rings (SSSR count). The highest BCUT2D eigenvalue weighted by molar-refractivity contribution is 5.53. The van der Waals surface area contributed by atoms with Crippen molar-refractivity contribution in [2.24, 2.45) is 0 Å². The van der Waals surface area contributed by atoms with Crippen molar-refractivity contribution in [3.05, 3.63) is 87.5 Å². The number of phenols is 3. The van der Waals surface area contributed by atoms with Gasteiger partial charge in [-0.25, -0.2) is 0 Å². The van der Waals surface area contributed by atoms with E-state index in [0.717, 1.165) is 38.9 Å². The first-order valence-corrected chi connectivity index (χ1v) is 12.5. The Labute approximate surface area is 211 Å². The lowest BCUT2D eigenvalue weighted by Crippen LogP contribution is -2.14. The first-order chi connectivity index (χ1) is 16.0. The van der Waals surface area contributed by atoms with Crippen molar-refractivity contribution in [1.82, 2.24) is 0 Å². The van der Waals surface area contributed by atoms with Gasteiger partial charge in [0.25, 0.3) is 0 Å². The first-order valence-electron chi connectivity index (χ1n) is 12.5. The van der Waals surface area contributed by atoms with Crippen molar-refractivity contribution >= 4 is 0 Å². The highest BCUT2D eigenvalue weighted by Gasteiger charge is 2.22. The van der Waals surface area contributed by atoms with Crippen LogP contribution in [0.15, 0.2) is 48.5 Å². The molecule has 3 nitrogen and oxygen atoms in total. The Balaban J connectivity index is 2.11. The van der Waals surface area contributed by atoms with Crippen LogP contribution in [0.2, 0.25) is 0 Å². The molecule has 3 heteroatoms. The Kier molecular flexibility index (Phi) is 7.05. The van der Waals surface area contributed by atoms with Gasteiger partial charge in [-0.1, -0.05) is 98.7 Å². The maximum absolute atomic E-state index is 11.4. The Morgan fingerprint density at radius 2 is 0.771 bits per heavy atom. The van der Waals surface area contributed by atoms with Gasteiger partial charge in [-0.2, -0.15) is 0 Å². The zero-order valence-corrected chi connectivity index (χ0v) is 22.9. The summed E-state index contributed by atoms with van der Waals surface area (Å²) in [5.41, 5.74) is 6.32. The quantitative estimate of drug-likeness (QED) is 0.360. The molecule has 0 radical (unpaired) electrons.